The van der Waals surface area contributed by atoms with Gasteiger partial charge in [0, 0.05) is 30.3 Å². The molecule has 0 aliphatic rings. The monoisotopic (exact) mass is 551 g/mol. The standard InChI is InChI=1S/C24H24BrF2N3O5/c1-15-28-22(35-14-18-6-7-19(26)12-20(18)27)21(25)24(34)30(15)13-16-2-4-17(5-3-16)23(33)29(8-10-31)9-11-32/h2-7,12,31-32H,8-11,13-14H2,1H3. The van der Waals surface area contributed by atoms with E-state index in [0.29, 0.717) is 11.4 Å². The van der Waals surface area contributed by atoms with Crippen LogP contribution in [0.5, 0.6) is 5.88 Å². The Labute approximate surface area is 208 Å². The smallest absolute Gasteiger partial charge is 0.272 e. The van der Waals surface area contributed by atoms with Gasteiger partial charge in [-0.15, -0.1) is 0 Å². The summed E-state index contributed by atoms with van der Waals surface area (Å²) in [4.78, 5) is 31.1. The first kappa shape index (κ1) is 26.5. The number of rotatable bonds is 10. The van der Waals surface area contributed by atoms with Gasteiger partial charge in [0.2, 0.25) is 5.88 Å². The first-order valence-electron chi connectivity index (χ1n) is 10.7. The van der Waals surface area contributed by atoms with Gasteiger partial charge in [0.1, 0.15) is 28.5 Å². The SMILES string of the molecule is Cc1nc(OCc2ccc(F)cc2F)c(Br)c(=O)n1Cc1ccc(C(=O)N(CCO)CCO)cc1. The van der Waals surface area contributed by atoms with E-state index in [9.17, 15) is 18.4 Å². The summed E-state index contributed by atoms with van der Waals surface area (Å²) in [5, 5.41) is 18.2. The van der Waals surface area contributed by atoms with Crippen LogP contribution in [0.2, 0.25) is 0 Å². The second kappa shape index (κ2) is 12.0. The van der Waals surface area contributed by atoms with Crippen molar-refractivity contribution >= 4 is 21.8 Å². The van der Waals surface area contributed by atoms with E-state index in [1.807, 2.05) is 0 Å². The Kier molecular flexibility index (Phi) is 9.07. The lowest BCUT2D eigenvalue weighted by Gasteiger charge is -2.20. The molecule has 2 N–H and O–H groups in total. The molecule has 0 unspecified atom stereocenters. The van der Waals surface area contributed by atoms with Crippen molar-refractivity contribution in [3.8, 4) is 5.88 Å². The third kappa shape index (κ3) is 6.50. The number of carbonyl (C=O) groups excluding carboxylic acids is 1. The molecule has 0 bridgehead atoms. The van der Waals surface area contributed by atoms with E-state index in [4.69, 9.17) is 14.9 Å². The number of ether oxygens (including phenoxy) is 1. The first-order chi connectivity index (χ1) is 16.7. The van der Waals surface area contributed by atoms with Gasteiger partial charge in [0.05, 0.1) is 19.8 Å². The summed E-state index contributed by atoms with van der Waals surface area (Å²) >= 11 is 3.19. The molecular formula is C24H24BrF2N3O5. The van der Waals surface area contributed by atoms with Gasteiger partial charge in [-0.1, -0.05) is 12.1 Å². The van der Waals surface area contributed by atoms with Gasteiger partial charge in [-0.2, -0.15) is 4.98 Å². The van der Waals surface area contributed by atoms with E-state index in [1.165, 1.54) is 15.5 Å². The number of halogens is 3. The van der Waals surface area contributed by atoms with E-state index >= 15 is 0 Å². The highest BCUT2D eigenvalue weighted by molar-refractivity contribution is 9.10. The van der Waals surface area contributed by atoms with Gasteiger partial charge in [-0.05, 0) is 52.7 Å². The molecule has 3 rings (SSSR count). The minimum absolute atomic E-state index is 0.0127. The van der Waals surface area contributed by atoms with Crippen molar-refractivity contribution < 1.29 is 28.5 Å². The van der Waals surface area contributed by atoms with Crippen molar-refractivity contribution in [2.45, 2.75) is 20.1 Å². The molecule has 2 aromatic carbocycles. The Morgan fingerprint density at radius 1 is 1.11 bits per heavy atom. The largest absolute Gasteiger partial charge is 0.472 e. The second-order valence-electron chi connectivity index (χ2n) is 7.63. The molecule has 0 saturated heterocycles. The summed E-state index contributed by atoms with van der Waals surface area (Å²) in [6, 6.07) is 9.74. The number of aryl methyl sites for hydroxylation is 1. The van der Waals surface area contributed by atoms with E-state index < -0.39 is 17.2 Å². The van der Waals surface area contributed by atoms with Crippen molar-refractivity contribution in [1.29, 1.82) is 0 Å². The highest BCUT2D eigenvalue weighted by Crippen LogP contribution is 2.21. The fourth-order valence-electron chi connectivity index (χ4n) is 3.35. The van der Waals surface area contributed by atoms with Gasteiger partial charge in [0.15, 0.2) is 0 Å². The quantitative estimate of drug-likeness (QED) is 0.401. The topological polar surface area (TPSA) is 105 Å². The van der Waals surface area contributed by atoms with Crippen molar-refractivity contribution in [2.75, 3.05) is 26.3 Å². The Balaban J connectivity index is 1.75. The molecule has 35 heavy (non-hydrogen) atoms. The average molecular weight is 552 g/mol. The predicted molar refractivity (Wildman–Crippen MR) is 127 cm³/mol. The zero-order valence-electron chi connectivity index (χ0n) is 18.9. The summed E-state index contributed by atoms with van der Waals surface area (Å²) in [5.41, 5.74) is 0.826. The highest BCUT2D eigenvalue weighted by Gasteiger charge is 2.17. The van der Waals surface area contributed by atoms with E-state index in [2.05, 4.69) is 20.9 Å². The molecule has 0 fully saturated rings. The maximum atomic E-state index is 13.9. The maximum absolute atomic E-state index is 13.9. The van der Waals surface area contributed by atoms with Gasteiger partial charge in [-0.25, -0.2) is 8.78 Å². The number of aromatic nitrogens is 2. The lowest BCUT2D eigenvalue weighted by molar-refractivity contribution is 0.0685. The van der Waals surface area contributed by atoms with E-state index in [-0.39, 0.29) is 61.3 Å². The van der Waals surface area contributed by atoms with Gasteiger partial charge >= 0.3 is 0 Å². The number of amides is 1. The summed E-state index contributed by atoms with van der Waals surface area (Å²) in [7, 11) is 0. The van der Waals surface area contributed by atoms with Crippen LogP contribution in [0.4, 0.5) is 8.78 Å². The molecule has 8 nitrogen and oxygen atoms in total. The third-order valence-electron chi connectivity index (χ3n) is 5.22. The van der Waals surface area contributed by atoms with Crippen LogP contribution in [0.1, 0.15) is 27.3 Å². The Morgan fingerprint density at radius 3 is 2.37 bits per heavy atom. The minimum Gasteiger partial charge on any atom is -0.472 e. The molecule has 0 saturated carbocycles. The van der Waals surface area contributed by atoms with Crippen molar-refractivity contribution in [1.82, 2.24) is 14.5 Å². The van der Waals surface area contributed by atoms with Crippen molar-refractivity contribution in [3.63, 3.8) is 0 Å². The molecule has 1 aromatic heterocycles. The van der Waals surface area contributed by atoms with Crippen LogP contribution in [0.25, 0.3) is 0 Å². The Bertz CT molecular complexity index is 1250. The number of benzene rings is 2. The summed E-state index contributed by atoms with van der Waals surface area (Å²) in [5.74, 6) is -1.44. The van der Waals surface area contributed by atoms with Crippen LogP contribution in [0, 0.1) is 18.6 Å². The lowest BCUT2D eigenvalue weighted by atomic mass is 10.1. The number of aliphatic hydroxyl groups is 2. The fourth-order valence-corrected chi connectivity index (χ4v) is 3.77. The average Bonchev–Trinajstić information content (AvgIpc) is 2.84. The summed E-state index contributed by atoms with van der Waals surface area (Å²) in [6.45, 7) is 1.35. The van der Waals surface area contributed by atoms with E-state index in [1.54, 1.807) is 31.2 Å². The van der Waals surface area contributed by atoms with Crippen LogP contribution in [-0.4, -0.2) is 56.9 Å². The minimum atomic E-state index is -0.760. The van der Waals surface area contributed by atoms with Crippen molar-refractivity contribution in [2.24, 2.45) is 0 Å². The second-order valence-corrected chi connectivity index (χ2v) is 8.42. The molecule has 0 aliphatic carbocycles. The van der Waals surface area contributed by atoms with Crippen LogP contribution >= 0.6 is 15.9 Å². The molecule has 0 spiro atoms. The molecule has 11 heteroatoms. The predicted octanol–water partition coefficient (Wildman–Crippen LogP) is 2.65. The third-order valence-corrected chi connectivity index (χ3v) is 5.90. The van der Waals surface area contributed by atoms with Crippen LogP contribution in [0.3, 0.4) is 0 Å². The number of aliphatic hydroxyl groups excluding tert-OH is 2. The van der Waals surface area contributed by atoms with Crippen LogP contribution in [0.15, 0.2) is 51.7 Å². The van der Waals surface area contributed by atoms with Gasteiger partial charge in [-0.3, -0.25) is 14.2 Å². The molecule has 3 aromatic rings. The zero-order valence-corrected chi connectivity index (χ0v) is 20.5. The Morgan fingerprint density at radius 2 is 1.77 bits per heavy atom. The Hall–Kier alpha value is -3.15. The molecular weight excluding hydrogens is 528 g/mol. The van der Waals surface area contributed by atoms with Gasteiger partial charge < -0.3 is 19.8 Å². The summed E-state index contributed by atoms with van der Waals surface area (Å²) in [6.07, 6.45) is 0. The maximum Gasteiger partial charge on any atom is 0.272 e. The number of carbonyl (C=O) groups is 1. The van der Waals surface area contributed by atoms with E-state index in [0.717, 1.165) is 17.7 Å². The zero-order chi connectivity index (χ0) is 25.5. The molecule has 186 valence electrons. The molecule has 0 atom stereocenters. The number of nitrogens with zero attached hydrogens (tertiary/aromatic N) is 3. The lowest BCUT2D eigenvalue weighted by Crippen LogP contribution is -2.35. The summed E-state index contributed by atoms with van der Waals surface area (Å²) < 4.78 is 33.9. The normalized spacial score (nSPS) is 10.9. The van der Waals surface area contributed by atoms with Crippen LogP contribution in [-0.2, 0) is 13.2 Å². The fraction of sp³-hybridized carbons (Fsp3) is 0.292. The number of hydrogen-bond donors (Lipinski definition) is 2. The molecule has 0 aliphatic heterocycles. The molecule has 1 heterocycles. The van der Waals surface area contributed by atoms with Crippen LogP contribution < -0.4 is 10.3 Å². The first-order valence-corrected chi connectivity index (χ1v) is 11.5. The molecule has 1 amide bonds. The number of hydrogen-bond acceptors (Lipinski definition) is 6. The highest BCUT2D eigenvalue weighted by atomic mass is 79.9. The van der Waals surface area contributed by atoms with Gasteiger partial charge in [0.25, 0.3) is 11.5 Å². The molecule has 0 radical (unpaired) electrons. The van der Waals surface area contributed by atoms with Crippen molar-refractivity contribution in [3.05, 3.63) is 91.4 Å².